The van der Waals surface area contributed by atoms with Gasteiger partial charge in [-0.2, -0.15) is 0 Å². The maximum absolute atomic E-state index is 12.7. The summed E-state index contributed by atoms with van der Waals surface area (Å²) in [5.74, 6) is -0.0188. The van der Waals surface area contributed by atoms with E-state index in [0.717, 1.165) is 0 Å². The van der Waals surface area contributed by atoms with Crippen LogP contribution in [0.3, 0.4) is 0 Å². The van der Waals surface area contributed by atoms with Gasteiger partial charge in [-0.25, -0.2) is 8.42 Å². The molecular weight excluding hydrogens is 412 g/mol. The highest BCUT2D eigenvalue weighted by molar-refractivity contribution is 7.92. The number of hydrogen-bond donors (Lipinski definition) is 2. The van der Waals surface area contributed by atoms with Crippen LogP contribution in [0.1, 0.15) is 15.9 Å². The van der Waals surface area contributed by atoms with E-state index in [-0.39, 0.29) is 27.3 Å². The van der Waals surface area contributed by atoms with Gasteiger partial charge in [0.1, 0.15) is 10.6 Å². The van der Waals surface area contributed by atoms with Gasteiger partial charge in [0.2, 0.25) is 0 Å². The normalized spacial score (nSPS) is 11.0. The Balaban J connectivity index is 1.91. The van der Waals surface area contributed by atoms with Crippen molar-refractivity contribution in [2.45, 2.75) is 11.8 Å². The van der Waals surface area contributed by atoms with Gasteiger partial charge in [-0.3, -0.25) is 9.52 Å². The largest absolute Gasteiger partial charge is 0.494 e. The molecule has 0 saturated heterocycles. The van der Waals surface area contributed by atoms with Crippen LogP contribution in [-0.4, -0.2) is 21.4 Å². The van der Waals surface area contributed by atoms with Gasteiger partial charge in [0.25, 0.3) is 15.9 Å². The molecule has 0 aliphatic rings. The van der Waals surface area contributed by atoms with Gasteiger partial charge in [-0.1, -0.05) is 41.9 Å². The molecule has 6 nitrogen and oxygen atoms in total. The Morgan fingerprint density at radius 2 is 1.62 bits per heavy atom. The lowest BCUT2D eigenvalue weighted by Gasteiger charge is -2.16. The lowest BCUT2D eigenvalue weighted by atomic mass is 10.1. The standard InChI is InChI=1S/C21H19ClN2O4S/c1-14-12-18(24-29(26,27)20-11-7-6-10-16(20)22)19(28-2)13-17(14)23-21(25)15-8-4-3-5-9-15/h3-13,24H,1-2H3,(H,23,25). The molecule has 0 radical (unpaired) electrons. The first-order valence-electron chi connectivity index (χ1n) is 8.64. The monoisotopic (exact) mass is 430 g/mol. The van der Waals surface area contributed by atoms with Crippen molar-refractivity contribution < 1.29 is 17.9 Å². The van der Waals surface area contributed by atoms with Crippen molar-refractivity contribution in [2.24, 2.45) is 0 Å². The van der Waals surface area contributed by atoms with Gasteiger partial charge < -0.3 is 10.1 Å². The SMILES string of the molecule is COc1cc(NC(=O)c2ccccc2)c(C)cc1NS(=O)(=O)c1ccccc1Cl. The number of carbonyl (C=O) groups is 1. The second-order valence-corrected chi connectivity index (χ2v) is 8.28. The van der Waals surface area contributed by atoms with Crippen molar-refractivity contribution in [1.82, 2.24) is 0 Å². The minimum Gasteiger partial charge on any atom is -0.494 e. The highest BCUT2D eigenvalue weighted by atomic mass is 35.5. The number of rotatable bonds is 6. The zero-order valence-electron chi connectivity index (χ0n) is 15.8. The summed E-state index contributed by atoms with van der Waals surface area (Å²) >= 11 is 6.02. The average Bonchev–Trinajstić information content (AvgIpc) is 2.70. The minimum atomic E-state index is -3.92. The summed E-state index contributed by atoms with van der Waals surface area (Å²) in [7, 11) is -2.50. The van der Waals surface area contributed by atoms with E-state index in [2.05, 4.69) is 10.0 Å². The number of benzene rings is 3. The van der Waals surface area contributed by atoms with Crippen molar-refractivity contribution in [3.8, 4) is 5.75 Å². The number of carbonyl (C=O) groups excluding carboxylic acids is 1. The first-order chi connectivity index (χ1) is 13.8. The van der Waals surface area contributed by atoms with Gasteiger partial charge in [0.05, 0.1) is 17.8 Å². The zero-order chi connectivity index (χ0) is 21.0. The highest BCUT2D eigenvalue weighted by Gasteiger charge is 2.20. The van der Waals surface area contributed by atoms with E-state index in [1.165, 1.54) is 19.2 Å². The van der Waals surface area contributed by atoms with Gasteiger partial charge >= 0.3 is 0 Å². The van der Waals surface area contributed by atoms with Crippen molar-refractivity contribution in [2.75, 3.05) is 17.1 Å². The topological polar surface area (TPSA) is 84.5 Å². The van der Waals surface area contributed by atoms with Crippen LogP contribution in [0.15, 0.2) is 71.6 Å². The fourth-order valence-electron chi connectivity index (χ4n) is 2.72. The van der Waals surface area contributed by atoms with E-state index in [4.69, 9.17) is 16.3 Å². The molecule has 3 aromatic carbocycles. The molecule has 8 heteroatoms. The molecule has 0 aliphatic heterocycles. The van der Waals surface area contributed by atoms with Crippen LogP contribution in [0.5, 0.6) is 5.75 Å². The third-order valence-corrected chi connectivity index (χ3v) is 6.07. The van der Waals surface area contributed by atoms with Crippen LogP contribution < -0.4 is 14.8 Å². The van der Waals surface area contributed by atoms with Crippen molar-refractivity contribution in [3.05, 3.63) is 82.9 Å². The van der Waals surface area contributed by atoms with E-state index in [1.54, 1.807) is 55.5 Å². The molecular formula is C21H19ClN2O4S. The predicted octanol–water partition coefficient (Wildman–Crippen LogP) is 4.71. The fourth-order valence-corrected chi connectivity index (χ4v) is 4.30. The second kappa shape index (κ2) is 8.55. The van der Waals surface area contributed by atoms with Crippen LogP contribution in [0.25, 0.3) is 0 Å². The van der Waals surface area contributed by atoms with Crippen LogP contribution in [0.2, 0.25) is 5.02 Å². The molecule has 0 atom stereocenters. The van der Waals surface area contributed by atoms with Crippen LogP contribution in [0.4, 0.5) is 11.4 Å². The smallest absolute Gasteiger partial charge is 0.263 e. The third kappa shape index (κ3) is 4.70. The van der Waals surface area contributed by atoms with Crippen LogP contribution >= 0.6 is 11.6 Å². The summed E-state index contributed by atoms with van der Waals surface area (Å²) in [4.78, 5) is 12.4. The van der Waals surface area contributed by atoms with E-state index in [0.29, 0.717) is 16.8 Å². The molecule has 0 bridgehead atoms. The van der Waals surface area contributed by atoms with Crippen molar-refractivity contribution in [3.63, 3.8) is 0 Å². The first kappa shape index (κ1) is 20.7. The Morgan fingerprint density at radius 3 is 2.28 bits per heavy atom. The Labute approximate surface area is 174 Å². The maximum atomic E-state index is 12.7. The van der Waals surface area contributed by atoms with Crippen molar-refractivity contribution in [1.29, 1.82) is 0 Å². The molecule has 150 valence electrons. The van der Waals surface area contributed by atoms with Gasteiger partial charge in [-0.15, -0.1) is 0 Å². The molecule has 0 heterocycles. The molecule has 0 unspecified atom stereocenters. The Hall–Kier alpha value is -3.03. The number of amides is 1. The Bertz CT molecular complexity index is 1150. The molecule has 3 aromatic rings. The van der Waals surface area contributed by atoms with Gasteiger partial charge in [0.15, 0.2) is 0 Å². The maximum Gasteiger partial charge on any atom is 0.263 e. The van der Waals surface area contributed by atoms with E-state index >= 15 is 0 Å². The summed E-state index contributed by atoms with van der Waals surface area (Å²) in [5, 5.41) is 2.93. The Kier molecular flexibility index (Phi) is 6.10. The van der Waals surface area contributed by atoms with E-state index in [9.17, 15) is 13.2 Å². The number of hydrogen-bond acceptors (Lipinski definition) is 4. The molecule has 3 rings (SSSR count). The highest BCUT2D eigenvalue weighted by Crippen LogP contribution is 2.34. The number of anilines is 2. The van der Waals surface area contributed by atoms with E-state index in [1.807, 2.05) is 6.07 Å². The summed E-state index contributed by atoms with van der Waals surface area (Å²) < 4.78 is 33.3. The number of halogens is 1. The number of methoxy groups -OCH3 is 1. The number of nitrogens with one attached hydrogen (secondary N) is 2. The molecule has 29 heavy (non-hydrogen) atoms. The predicted molar refractivity (Wildman–Crippen MR) is 114 cm³/mol. The first-order valence-corrected chi connectivity index (χ1v) is 10.5. The zero-order valence-corrected chi connectivity index (χ0v) is 17.3. The number of ether oxygens (including phenoxy) is 1. The number of aryl methyl sites for hydroxylation is 1. The molecule has 0 fully saturated rings. The number of sulfonamides is 1. The third-order valence-electron chi connectivity index (χ3n) is 4.20. The minimum absolute atomic E-state index is 0.0390. The van der Waals surface area contributed by atoms with Gasteiger partial charge in [0, 0.05) is 17.3 Å². The molecule has 0 spiro atoms. The van der Waals surface area contributed by atoms with E-state index < -0.39 is 10.0 Å². The van der Waals surface area contributed by atoms with Gasteiger partial charge in [-0.05, 0) is 42.8 Å². The Morgan fingerprint density at radius 1 is 0.966 bits per heavy atom. The lowest BCUT2D eigenvalue weighted by molar-refractivity contribution is 0.102. The molecule has 2 N–H and O–H groups in total. The molecule has 0 saturated carbocycles. The fraction of sp³-hybridized carbons (Fsp3) is 0.0952. The molecule has 0 aliphatic carbocycles. The summed E-state index contributed by atoms with van der Waals surface area (Å²) in [6.07, 6.45) is 0. The van der Waals surface area contributed by atoms with Crippen molar-refractivity contribution >= 4 is 38.9 Å². The summed E-state index contributed by atoms with van der Waals surface area (Å²) in [5.41, 5.74) is 1.92. The quantitative estimate of drug-likeness (QED) is 0.593. The average molecular weight is 431 g/mol. The van der Waals surface area contributed by atoms with Crippen LogP contribution in [0, 0.1) is 6.92 Å². The van der Waals surface area contributed by atoms with Crippen LogP contribution in [-0.2, 0) is 10.0 Å². The molecule has 1 amide bonds. The summed E-state index contributed by atoms with van der Waals surface area (Å²) in [6.45, 7) is 1.76. The lowest BCUT2D eigenvalue weighted by Crippen LogP contribution is -2.16. The summed E-state index contributed by atoms with van der Waals surface area (Å²) in [6, 6.07) is 18.1. The molecule has 0 aromatic heterocycles. The second-order valence-electron chi connectivity index (χ2n) is 6.22.